The van der Waals surface area contributed by atoms with Crippen LogP contribution in [-0.2, 0) is 0 Å². The number of hydrogen-bond acceptors (Lipinski definition) is 3. The summed E-state index contributed by atoms with van der Waals surface area (Å²) in [5.74, 6) is 1.46. The van der Waals surface area contributed by atoms with E-state index in [0.717, 1.165) is 31.1 Å². The van der Waals surface area contributed by atoms with Crippen LogP contribution in [0.25, 0.3) is 0 Å². The summed E-state index contributed by atoms with van der Waals surface area (Å²) in [4.78, 5) is 0. The quantitative estimate of drug-likeness (QED) is 0.683. The van der Waals surface area contributed by atoms with Crippen molar-refractivity contribution < 1.29 is 4.74 Å². The minimum atomic E-state index is 0.536. The molecule has 2 aromatic carbocycles. The molecule has 0 saturated heterocycles. The summed E-state index contributed by atoms with van der Waals surface area (Å²) in [6.07, 6.45) is 0. The molecule has 0 aliphatic rings. The first kappa shape index (κ1) is 17.2. The zero-order valence-electron chi connectivity index (χ0n) is 14.6. The zero-order valence-corrected chi connectivity index (χ0v) is 14.6. The largest absolute Gasteiger partial charge is 0.493 e. The Morgan fingerprint density at radius 3 is 2.22 bits per heavy atom. The van der Waals surface area contributed by atoms with Crippen LogP contribution in [0, 0.1) is 19.8 Å². The van der Waals surface area contributed by atoms with Gasteiger partial charge in [-0.15, -0.1) is 0 Å². The zero-order chi connectivity index (χ0) is 16.7. The second-order valence-corrected chi connectivity index (χ2v) is 6.39. The van der Waals surface area contributed by atoms with Crippen molar-refractivity contribution in [3.63, 3.8) is 0 Å². The average molecular weight is 312 g/mol. The first-order chi connectivity index (χ1) is 11.0. The molecule has 124 valence electrons. The van der Waals surface area contributed by atoms with E-state index in [0.29, 0.717) is 5.92 Å². The second-order valence-electron chi connectivity index (χ2n) is 6.39. The molecule has 0 spiro atoms. The molecule has 0 aliphatic heterocycles. The number of ether oxygens (including phenoxy) is 1. The lowest BCUT2D eigenvalue weighted by Crippen LogP contribution is -2.13. The Kier molecular flexibility index (Phi) is 6.33. The Bertz CT molecular complexity index is 623. The van der Waals surface area contributed by atoms with Crippen molar-refractivity contribution in [1.29, 1.82) is 0 Å². The molecule has 0 atom stereocenters. The number of hydrogen-bond donors (Lipinski definition) is 2. The smallest absolute Gasteiger partial charge is 0.121 e. The molecular formula is C20H28N2O. The second kappa shape index (κ2) is 8.47. The minimum Gasteiger partial charge on any atom is -0.493 e. The first-order valence-corrected chi connectivity index (χ1v) is 8.32. The molecule has 0 aliphatic carbocycles. The van der Waals surface area contributed by atoms with Gasteiger partial charge in [-0.25, -0.2) is 0 Å². The van der Waals surface area contributed by atoms with Crippen LogP contribution in [-0.4, -0.2) is 19.7 Å². The van der Waals surface area contributed by atoms with E-state index >= 15 is 0 Å². The van der Waals surface area contributed by atoms with E-state index in [2.05, 4.69) is 68.7 Å². The minimum absolute atomic E-state index is 0.536. The molecule has 0 unspecified atom stereocenters. The van der Waals surface area contributed by atoms with E-state index in [4.69, 9.17) is 4.74 Å². The molecule has 2 aromatic rings. The first-order valence-electron chi connectivity index (χ1n) is 8.32. The number of anilines is 2. The Balaban J connectivity index is 1.77. The molecule has 0 fully saturated rings. The predicted octanol–water partition coefficient (Wildman–Crippen LogP) is 4.86. The van der Waals surface area contributed by atoms with Gasteiger partial charge in [-0.05, 0) is 55.2 Å². The maximum absolute atomic E-state index is 5.75. The Morgan fingerprint density at radius 1 is 0.870 bits per heavy atom. The fourth-order valence-electron chi connectivity index (χ4n) is 2.22. The third-order valence-electron chi connectivity index (χ3n) is 3.71. The average Bonchev–Trinajstić information content (AvgIpc) is 2.53. The van der Waals surface area contributed by atoms with Gasteiger partial charge in [0.25, 0.3) is 0 Å². The Hall–Kier alpha value is -2.16. The van der Waals surface area contributed by atoms with Crippen LogP contribution in [0.15, 0.2) is 42.5 Å². The van der Waals surface area contributed by atoms with E-state index in [1.807, 2.05) is 12.1 Å². The predicted molar refractivity (Wildman–Crippen MR) is 99.7 cm³/mol. The highest BCUT2D eigenvalue weighted by Crippen LogP contribution is 2.18. The summed E-state index contributed by atoms with van der Waals surface area (Å²) in [7, 11) is 0. The Morgan fingerprint density at radius 2 is 1.57 bits per heavy atom. The third-order valence-corrected chi connectivity index (χ3v) is 3.71. The lowest BCUT2D eigenvalue weighted by Gasteiger charge is -2.12. The van der Waals surface area contributed by atoms with Crippen molar-refractivity contribution in [1.82, 2.24) is 0 Å². The molecule has 0 bridgehead atoms. The molecule has 0 aromatic heterocycles. The summed E-state index contributed by atoms with van der Waals surface area (Å²) in [6, 6.07) is 14.6. The highest BCUT2D eigenvalue weighted by molar-refractivity contribution is 5.50. The van der Waals surface area contributed by atoms with Gasteiger partial charge < -0.3 is 15.4 Å². The van der Waals surface area contributed by atoms with Crippen molar-refractivity contribution in [3.8, 4) is 5.75 Å². The Labute approximate surface area is 140 Å². The maximum Gasteiger partial charge on any atom is 0.121 e. The molecule has 0 radical (unpaired) electrons. The summed E-state index contributed by atoms with van der Waals surface area (Å²) < 4.78 is 5.75. The van der Waals surface area contributed by atoms with Crippen LogP contribution in [0.5, 0.6) is 5.75 Å². The van der Waals surface area contributed by atoms with Crippen LogP contribution in [0.2, 0.25) is 0 Å². The van der Waals surface area contributed by atoms with Gasteiger partial charge in [-0.3, -0.25) is 0 Å². The molecule has 23 heavy (non-hydrogen) atoms. The molecule has 2 N–H and O–H groups in total. The summed E-state index contributed by atoms with van der Waals surface area (Å²) in [6.45, 7) is 11.1. The van der Waals surface area contributed by atoms with E-state index in [1.54, 1.807) is 0 Å². The topological polar surface area (TPSA) is 33.3 Å². The summed E-state index contributed by atoms with van der Waals surface area (Å²) in [5.41, 5.74) is 4.90. The van der Waals surface area contributed by atoms with Crippen LogP contribution < -0.4 is 15.4 Å². The highest BCUT2D eigenvalue weighted by atomic mass is 16.5. The van der Waals surface area contributed by atoms with Crippen LogP contribution in [0.4, 0.5) is 11.4 Å². The summed E-state index contributed by atoms with van der Waals surface area (Å²) in [5, 5.41) is 6.87. The SMILES string of the molecule is Cc1ccc(NCCNc2cccc(OCC(C)C)c2)cc1C. The molecule has 3 heteroatoms. The van der Waals surface area contributed by atoms with Gasteiger partial charge in [0.1, 0.15) is 5.75 Å². The van der Waals surface area contributed by atoms with Gasteiger partial charge in [-0.2, -0.15) is 0 Å². The molecule has 0 saturated carbocycles. The fraction of sp³-hybridized carbons (Fsp3) is 0.400. The summed E-state index contributed by atoms with van der Waals surface area (Å²) >= 11 is 0. The van der Waals surface area contributed by atoms with E-state index in [-0.39, 0.29) is 0 Å². The number of aryl methyl sites for hydroxylation is 2. The number of benzene rings is 2. The van der Waals surface area contributed by atoms with Gasteiger partial charge in [-0.1, -0.05) is 26.0 Å². The van der Waals surface area contributed by atoms with E-state index < -0.39 is 0 Å². The number of nitrogens with one attached hydrogen (secondary N) is 2. The maximum atomic E-state index is 5.75. The normalized spacial score (nSPS) is 10.7. The fourth-order valence-corrected chi connectivity index (χ4v) is 2.22. The van der Waals surface area contributed by atoms with Gasteiger partial charge in [0.05, 0.1) is 6.61 Å². The van der Waals surface area contributed by atoms with Gasteiger partial charge >= 0.3 is 0 Å². The van der Waals surface area contributed by atoms with Crippen molar-refractivity contribution in [3.05, 3.63) is 53.6 Å². The monoisotopic (exact) mass is 312 g/mol. The standard InChI is InChI=1S/C20H28N2O/c1-15(2)14-23-20-7-5-6-18(13-20)21-10-11-22-19-9-8-16(3)17(4)12-19/h5-9,12-13,15,21-22H,10-11,14H2,1-4H3. The molecule has 0 heterocycles. The molecular weight excluding hydrogens is 284 g/mol. The van der Waals surface area contributed by atoms with Gasteiger partial charge in [0.15, 0.2) is 0 Å². The lowest BCUT2D eigenvalue weighted by molar-refractivity contribution is 0.271. The van der Waals surface area contributed by atoms with Crippen molar-refractivity contribution in [2.24, 2.45) is 5.92 Å². The van der Waals surface area contributed by atoms with Crippen LogP contribution in [0.3, 0.4) is 0 Å². The third kappa shape index (κ3) is 5.85. The number of rotatable bonds is 8. The highest BCUT2D eigenvalue weighted by Gasteiger charge is 1.99. The van der Waals surface area contributed by atoms with Crippen LogP contribution >= 0.6 is 0 Å². The molecule has 0 amide bonds. The van der Waals surface area contributed by atoms with Gasteiger partial charge in [0, 0.05) is 30.5 Å². The lowest BCUT2D eigenvalue weighted by atomic mass is 10.1. The van der Waals surface area contributed by atoms with Crippen molar-refractivity contribution in [2.75, 3.05) is 30.3 Å². The van der Waals surface area contributed by atoms with Gasteiger partial charge in [0.2, 0.25) is 0 Å². The van der Waals surface area contributed by atoms with E-state index in [1.165, 1.54) is 16.8 Å². The van der Waals surface area contributed by atoms with Crippen molar-refractivity contribution >= 4 is 11.4 Å². The molecule has 2 rings (SSSR count). The van der Waals surface area contributed by atoms with Crippen molar-refractivity contribution in [2.45, 2.75) is 27.7 Å². The molecule has 3 nitrogen and oxygen atoms in total. The van der Waals surface area contributed by atoms with E-state index in [9.17, 15) is 0 Å². The van der Waals surface area contributed by atoms with Crippen LogP contribution in [0.1, 0.15) is 25.0 Å².